The summed E-state index contributed by atoms with van der Waals surface area (Å²) >= 11 is 5.77. The van der Waals surface area contributed by atoms with Crippen molar-refractivity contribution in [3.05, 3.63) is 64.7 Å². The van der Waals surface area contributed by atoms with Gasteiger partial charge in [0, 0.05) is 10.7 Å². The smallest absolute Gasteiger partial charge is 0.338 e. The van der Waals surface area contributed by atoms with Gasteiger partial charge in [0.2, 0.25) is 0 Å². The first-order valence-corrected chi connectivity index (χ1v) is 7.73. The molecule has 1 atom stereocenters. The van der Waals surface area contributed by atoms with Crippen molar-refractivity contribution in [2.24, 2.45) is 0 Å². The number of ether oxygens (including phenoxy) is 1. The van der Waals surface area contributed by atoms with E-state index in [1.54, 1.807) is 24.3 Å². The van der Waals surface area contributed by atoms with Gasteiger partial charge in [0.15, 0.2) is 6.10 Å². The number of benzene rings is 2. The maximum absolute atomic E-state index is 12.1. The molecule has 1 unspecified atom stereocenters. The van der Waals surface area contributed by atoms with E-state index in [9.17, 15) is 9.59 Å². The second-order valence-corrected chi connectivity index (χ2v) is 5.53. The second-order valence-electron chi connectivity index (χ2n) is 5.09. The summed E-state index contributed by atoms with van der Waals surface area (Å²) in [6.07, 6.45) is 0.0348. The zero-order chi connectivity index (χ0) is 16.8. The van der Waals surface area contributed by atoms with Crippen LogP contribution in [-0.2, 0) is 16.0 Å². The summed E-state index contributed by atoms with van der Waals surface area (Å²) in [5, 5.41) is 3.25. The van der Waals surface area contributed by atoms with Crippen LogP contribution in [0.3, 0.4) is 0 Å². The molecule has 0 saturated carbocycles. The Morgan fingerprint density at radius 1 is 1.09 bits per heavy atom. The van der Waals surface area contributed by atoms with Gasteiger partial charge in [0.25, 0.3) is 5.91 Å². The third kappa shape index (κ3) is 4.83. The number of amides is 1. The lowest BCUT2D eigenvalue weighted by Gasteiger charge is -2.13. The first-order valence-electron chi connectivity index (χ1n) is 7.36. The fourth-order valence-corrected chi connectivity index (χ4v) is 2.06. The van der Waals surface area contributed by atoms with Gasteiger partial charge in [-0.05, 0) is 55.3 Å². The van der Waals surface area contributed by atoms with Crippen LogP contribution >= 0.6 is 11.6 Å². The molecule has 0 aromatic heterocycles. The molecule has 5 heteroatoms. The highest BCUT2D eigenvalue weighted by molar-refractivity contribution is 6.30. The summed E-state index contributed by atoms with van der Waals surface area (Å²) in [7, 11) is 0. The van der Waals surface area contributed by atoms with Gasteiger partial charge in [-0.3, -0.25) is 4.79 Å². The lowest BCUT2D eigenvalue weighted by atomic mass is 10.1. The van der Waals surface area contributed by atoms with Crippen LogP contribution < -0.4 is 5.32 Å². The lowest BCUT2D eigenvalue weighted by molar-refractivity contribution is -0.123. The zero-order valence-corrected chi connectivity index (χ0v) is 13.8. The number of carbonyl (C=O) groups excluding carboxylic acids is 2. The summed E-state index contributed by atoms with van der Waals surface area (Å²) in [5.74, 6) is -0.942. The maximum Gasteiger partial charge on any atom is 0.338 e. The quantitative estimate of drug-likeness (QED) is 0.840. The van der Waals surface area contributed by atoms with Gasteiger partial charge in [0.05, 0.1) is 5.56 Å². The Morgan fingerprint density at radius 3 is 2.26 bits per heavy atom. The van der Waals surface area contributed by atoms with Crippen LogP contribution in [-0.4, -0.2) is 18.0 Å². The number of anilines is 1. The zero-order valence-electron chi connectivity index (χ0n) is 13.0. The highest BCUT2D eigenvalue weighted by atomic mass is 35.5. The average Bonchev–Trinajstić information content (AvgIpc) is 2.56. The molecule has 120 valence electrons. The number of aryl methyl sites for hydroxylation is 1. The summed E-state index contributed by atoms with van der Waals surface area (Å²) in [4.78, 5) is 24.0. The highest BCUT2D eigenvalue weighted by Gasteiger charge is 2.19. The van der Waals surface area contributed by atoms with E-state index >= 15 is 0 Å². The molecule has 2 rings (SSSR count). The summed E-state index contributed by atoms with van der Waals surface area (Å²) in [6, 6.07) is 13.8. The Hall–Kier alpha value is -2.33. The average molecular weight is 332 g/mol. The van der Waals surface area contributed by atoms with E-state index in [0.29, 0.717) is 16.3 Å². The van der Waals surface area contributed by atoms with E-state index in [-0.39, 0.29) is 5.91 Å². The molecular weight excluding hydrogens is 314 g/mol. The molecule has 0 spiro atoms. The fraction of sp³-hybridized carbons (Fsp3) is 0.222. The molecular formula is C18H18ClNO3. The van der Waals surface area contributed by atoms with Crippen LogP contribution in [0.2, 0.25) is 5.02 Å². The van der Waals surface area contributed by atoms with Crippen molar-refractivity contribution in [2.45, 2.75) is 26.4 Å². The molecule has 23 heavy (non-hydrogen) atoms. The van der Waals surface area contributed by atoms with Crippen LogP contribution in [0.15, 0.2) is 48.5 Å². The Kier molecular flexibility index (Phi) is 5.77. The largest absolute Gasteiger partial charge is 0.449 e. The van der Waals surface area contributed by atoms with Crippen molar-refractivity contribution in [1.82, 2.24) is 0 Å². The van der Waals surface area contributed by atoms with Gasteiger partial charge in [0.1, 0.15) is 0 Å². The fourth-order valence-electron chi connectivity index (χ4n) is 1.94. The monoisotopic (exact) mass is 331 g/mol. The third-order valence-corrected chi connectivity index (χ3v) is 3.61. The minimum Gasteiger partial charge on any atom is -0.449 e. The Labute approximate surface area is 140 Å². The lowest BCUT2D eigenvalue weighted by Crippen LogP contribution is -2.30. The van der Waals surface area contributed by atoms with E-state index in [1.165, 1.54) is 12.5 Å². The van der Waals surface area contributed by atoms with Crippen molar-refractivity contribution >= 4 is 29.2 Å². The number of nitrogens with one attached hydrogen (secondary N) is 1. The van der Waals surface area contributed by atoms with Crippen LogP contribution in [0.4, 0.5) is 5.69 Å². The normalized spacial score (nSPS) is 11.6. The standard InChI is InChI=1S/C18H18ClNO3/c1-3-13-4-10-16(11-5-13)20-17(21)12(2)23-18(22)14-6-8-15(19)9-7-14/h4-12H,3H2,1-2H3,(H,20,21). The van der Waals surface area contributed by atoms with E-state index < -0.39 is 12.1 Å². The van der Waals surface area contributed by atoms with Crippen molar-refractivity contribution in [1.29, 1.82) is 0 Å². The predicted octanol–water partition coefficient (Wildman–Crippen LogP) is 4.09. The van der Waals surface area contributed by atoms with Crippen molar-refractivity contribution in [3.63, 3.8) is 0 Å². The first kappa shape index (κ1) is 17.0. The Bertz CT molecular complexity index is 680. The maximum atomic E-state index is 12.1. The summed E-state index contributed by atoms with van der Waals surface area (Å²) in [6.45, 7) is 3.59. The molecule has 4 nitrogen and oxygen atoms in total. The topological polar surface area (TPSA) is 55.4 Å². The van der Waals surface area contributed by atoms with Gasteiger partial charge in [-0.1, -0.05) is 30.7 Å². The molecule has 0 fully saturated rings. The van der Waals surface area contributed by atoms with E-state index in [1.807, 2.05) is 24.3 Å². The summed E-state index contributed by atoms with van der Waals surface area (Å²) < 4.78 is 5.16. The van der Waals surface area contributed by atoms with Crippen molar-refractivity contribution < 1.29 is 14.3 Å². The molecule has 2 aromatic carbocycles. The molecule has 0 aliphatic heterocycles. The SMILES string of the molecule is CCc1ccc(NC(=O)C(C)OC(=O)c2ccc(Cl)cc2)cc1. The van der Waals surface area contributed by atoms with Crippen molar-refractivity contribution in [2.75, 3.05) is 5.32 Å². The minimum absolute atomic E-state index is 0.348. The molecule has 0 aliphatic rings. The van der Waals surface area contributed by atoms with Gasteiger partial charge >= 0.3 is 5.97 Å². The van der Waals surface area contributed by atoms with Gasteiger partial charge in [-0.2, -0.15) is 0 Å². The minimum atomic E-state index is -0.899. The predicted molar refractivity (Wildman–Crippen MR) is 90.8 cm³/mol. The molecule has 1 N–H and O–H groups in total. The number of carbonyl (C=O) groups is 2. The number of esters is 1. The molecule has 0 radical (unpaired) electrons. The Balaban J connectivity index is 1.93. The molecule has 0 aliphatic carbocycles. The molecule has 2 aromatic rings. The van der Waals surface area contributed by atoms with Gasteiger partial charge in [-0.25, -0.2) is 4.79 Å². The Morgan fingerprint density at radius 2 is 1.70 bits per heavy atom. The van der Waals surface area contributed by atoms with Crippen LogP contribution in [0.5, 0.6) is 0 Å². The number of halogens is 1. The van der Waals surface area contributed by atoms with Crippen LogP contribution in [0.25, 0.3) is 0 Å². The second kappa shape index (κ2) is 7.79. The summed E-state index contributed by atoms with van der Waals surface area (Å²) in [5.41, 5.74) is 2.20. The number of hydrogen-bond donors (Lipinski definition) is 1. The number of hydrogen-bond acceptors (Lipinski definition) is 3. The van der Waals surface area contributed by atoms with E-state index in [4.69, 9.17) is 16.3 Å². The highest BCUT2D eigenvalue weighted by Crippen LogP contribution is 2.13. The molecule has 0 bridgehead atoms. The van der Waals surface area contributed by atoms with E-state index in [0.717, 1.165) is 6.42 Å². The van der Waals surface area contributed by atoms with Gasteiger partial charge in [-0.15, -0.1) is 0 Å². The molecule has 0 saturated heterocycles. The van der Waals surface area contributed by atoms with Crippen molar-refractivity contribution in [3.8, 4) is 0 Å². The third-order valence-electron chi connectivity index (χ3n) is 3.36. The van der Waals surface area contributed by atoms with Gasteiger partial charge < -0.3 is 10.1 Å². The van der Waals surface area contributed by atoms with Crippen LogP contribution in [0, 0.1) is 0 Å². The van der Waals surface area contributed by atoms with Crippen LogP contribution in [0.1, 0.15) is 29.8 Å². The number of rotatable bonds is 5. The molecule has 1 amide bonds. The van der Waals surface area contributed by atoms with E-state index in [2.05, 4.69) is 12.2 Å². The first-order chi connectivity index (χ1) is 11.0. The molecule has 0 heterocycles.